The summed E-state index contributed by atoms with van der Waals surface area (Å²) in [4.78, 5) is 0. The molecule has 3 heteroatoms. The van der Waals surface area contributed by atoms with Crippen LogP contribution in [0.15, 0.2) is 11.4 Å². The van der Waals surface area contributed by atoms with Gasteiger partial charge in [-0.25, -0.2) is 0 Å². The van der Waals surface area contributed by atoms with E-state index >= 15 is 0 Å². The average Bonchev–Trinajstić information content (AvgIpc) is 2.51. The minimum atomic E-state index is -0.725. The summed E-state index contributed by atoms with van der Waals surface area (Å²) in [6.07, 6.45) is 1.42. The van der Waals surface area contributed by atoms with Crippen LogP contribution in [0.2, 0.25) is 4.34 Å². The second-order valence-corrected chi connectivity index (χ2v) is 4.36. The zero-order valence-corrected chi connectivity index (χ0v) is 8.87. The summed E-state index contributed by atoms with van der Waals surface area (Å²) in [5.74, 6) is 0. The molecule has 0 saturated heterocycles. The molecule has 0 aliphatic carbocycles. The molecule has 0 atom stereocenters. The molecule has 0 fully saturated rings. The molecule has 12 heavy (non-hydrogen) atoms. The van der Waals surface area contributed by atoms with Gasteiger partial charge in [0.15, 0.2) is 0 Å². The molecule has 1 aromatic heterocycles. The number of rotatable bonds is 3. The maximum Gasteiger partial charge on any atom is 0.0989 e. The van der Waals surface area contributed by atoms with E-state index in [-0.39, 0.29) is 0 Å². The lowest BCUT2D eigenvalue weighted by molar-refractivity contribution is 0.0289. The average molecular weight is 205 g/mol. The Labute approximate surface area is 82.0 Å². The van der Waals surface area contributed by atoms with Gasteiger partial charge >= 0.3 is 0 Å². The SMILES string of the molecule is CCC(O)(CC)c1ccsc1Cl. The number of thiophene rings is 1. The predicted octanol–water partition coefficient (Wildman–Crippen LogP) is 3.41. The third-order valence-electron chi connectivity index (χ3n) is 2.29. The largest absolute Gasteiger partial charge is 0.385 e. The first-order valence-corrected chi connectivity index (χ1v) is 5.35. The van der Waals surface area contributed by atoms with Crippen molar-refractivity contribution in [2.75, 3.05) is 0 Å². The van der Waals surface area contributed by atoms with Crippen LogP contribution in [0.3, 0.4) is 0 Å². The fourth-order valence-electron chi connectivity index (χ4n) is 1.26. The molecule has 0 amide bonds. The van der Waals surface area contributed by atoms with E-state index in [9.17, 15) is 5.11 Å². The van der Waals surface area contributed by atoms with Crippen LogP contribution in [0.5, 0.6) is 0 Å². The smallest absolute Gasteiger partial charge is 0.0989 e. The molecule has 1 heterocycles. The topological polar surface area (TPSA) is 20.2 Å². The van der Waals surface area contributed by atoms with Crippen molar-refractivity contribution in [3.8, 4) is 0 Å². The molecule has 0 bridgehead atoms. The molecule has 68 valence electrons. The zero-order chi connectivity index (χ0) is 9.19. The Bertz CT molecular complexity index is 253. The highest BCUT2D eigenvalue weighted by Crippen LogP contribution is 2.36. The lowest BCUT2D eigenvalue weighted by atomic mass is 9.91. The van der Waals surface area contributed by atoms with Crippen LogP contribution in [0.1, 0.15) is 32.3 Å². The third kappa shape index (κ3) is 1.65. The Balaban J connectivity index is 3.02. The van der Waals surface area contributed by atoms with Crippen molar-refractivity contribution in [1.29, 1.82) is 0 Å². The number of halogens is 1. The van der Waals surface area contributed by atoms with Gasteiger partial charge in [0.25, 0.3) is 0 Å². The van der Waals surface area contributed by atoms with Crippen molar-refractivity contribution in [2.24, 2.45) is 0 Å². The van der Waals surface area contributed by atoms with Crippen molar-refractivity contribution in [3.05, 3.63) is 21.3 Å². The zero-order valence-electron chi connectivity index (χ0n) is 7.30. The number of hydrogen-bond donors (Lipinski definition) is 1. The number of hydrogen-bond acceptors (Lipinski definition) is 2. The summed E-state index contributed by atoms with van der Waals surface area (Å²) in [5, 5.41) is 12.0. The van der Waals surface area contributed by atoms with E-state index in [1.54, 1.807) is 0 Å². The molecule has 0 aliphatic rings. The maximum atomic E-state index is 10.1. The predicted molar refractivity (Wildman–Crippen MR) is 53.8 cm³/mol. The molecule has 0 aromatic carbocycles. The fraction of sp³-hybridized carbons (Fsp3) is 0.556. The van der Waals surface area contributed by atoms with Gasteiger partial charge < -0.3 is 5.11 Å². The minimum Gasteiger partial charge on any atom is -0.385 e. The van der Waals surface area contributed by atoms with Crippen LogP contribution < -0.4 is 0 Å². The normalized spacial score (nSPS) is 12.0. The highest BCUT2D eigenvalue weighted by Gasteiger charge is 2.27. The van der Waals surface area contributed by atoms with Gasteiger partial charge in [-0.05, 0) is 24.3 Å². The lowest BCUT2D eigenvalue weighted by Crippen LogP contribution is -2.22. The van der Waals surface area contributed by atoms with Gasteiger partial charge in [0.05, 0.1) is 9.94 Å². The van der Waals surface area contributed by atoms with Crippen molar-refractivity contribution >= 4 is 22.9 Å². The monoisotopic (exact) mass is 204 g/mol. The number of aliphatic hydroxyl groups is 1. The summed E-state index contributed by atoms with van der Waals surface area (Å²) < 4.78 is 0.709. The highest BCUT2D eigenvalue weighted by molar-refractivity contribution is 7.14. The Kier molecular flexibility index (Phi) is 3.16. The maximum absolute atomic E-state index is 10.1. The van der Waals surface area contributed by atoms with Gasteiger partial charge in [-0.15, -0.1) is 11.3 Å². The summed E-state index contributed by atoms with van der Waals surface area (Å²) in [6.45, 7) is 3.94. The summed E-state index contributed by atoms with van der Waals surface area (Å²) in [5.41, 5.74) is 0.149. The Morgan fingerprint density at radius 2 is 2.08 bits per heavy atom. The standard InChI is InChI=1S/C9H13ClOS/c1-3-9(11,4-2)7-5-6-12-8(7)10/h5-6,11H,3-4H2,1-2H3. The van der Waals surface area contributed by atoms with Gasteiger partial charge in [0.1, 0.15) is 0 Å². The van der Waals surface area contributed by atoms with E-state index in [0.717, 1.165) is 5.56 Å². The van der Waals surface area contributed by atoms with Crippen LogP contribution >= 0.6 is 22.9 Å². The fourth-order valence-corrected chi connectivity index (χ4v) is 2.36. The van der Waals surface area contributed by atoms with E-state index in [0.29, 0.717) is 17.2 Å². The van der Waals surface area contributed by atoms with Crippen LogP contribution in [-0.2, 0) is 5.60 Å². The summed E-state index contributed by atoms with van der Waals surface area (Å²) >= 11 is 7.41. The van der Waals surface area contributed by atoms with E-state index in [1.165, 1.54) is 11.3 Å². The minimum absolute atomic E-state index is 0.708. The molecule has 1 N–H and O–H groups in total. The molecule has 1 aromatic rings. The van der Waals surface area contributed by atoms with Crippen LogP contribution in [0, 0.1) is 0 Å². The molecule has 0 spiro atoms. The van der Waals surface area contributed by atoms with Gasteiger partial charge in [-0.1, -0.05) is 25.4 Å². The van der Waals surface area contributed by atoms with Crippen LogP contribution in [0.25, 0.3) is 0 Å². The Morgan fingerprint density at radius 3 is 2.42 bits per heavy atom. The van der Waals surface area contributed by atoms with E-state index < -0.39 is 5.60 Å². The van der Waals surface area contributed by atoms with Crippen molar-refractivity contribution < 1.29 is 5.11 Å². The molecule has 1 nitrogen and oxygen atoms in total. The summed E-state index contributed by atoms with van der Waals surface area (Å²) in [7, 11) is 0. The van der Waals surface area contributed by atoms with E-state index in [2.05, 4.69) is 0 Å². The van der Waals surface area contributed by atoms with Gasteiger partial charge in [0, 0.05) is 5.56 Å². The van der Waals surface area contributed by atoms with E-state index in [4.69, 9.17) is 11.6 Å². The third-order valence-corrected chi connectivity index (χ3v) is 3.46. The second-order valence-electron chi connectivity index (χ2n) is 2.85. The Hall–Kier alpha value is -0.0500. The first-order chi connectivity index (χ1) is 5.64. The van der Waals surface area contributed by atoms with Crippen molar-refractivity contribution in [3.63, 3.8) is 0 Å². The van der Waals surface area contributed by atoms with Gasteiger partial charge in [0.2, 0.25) is 0 Å². The highest BCUT2D eigenvalue weighted by atomic mass is 35.5. The molecule has 1 rings (SSSR count). The van der Waals surface area contributed by atoms with Crippen LogP contribution in [-0.4, -0.2) is 5.11 Å². The molecule has 0 unspecified atom stereocenters. The molecule has 0 aliphatic heterocycles. The first-order valence-electron chi connectivity index (χ1n) is 4.10. The summed E-state index contributed by atoms with van der Waals surface area (Å²) in [6, 6.07) is 1.90. The second kappa shape index (κ2) is 3.77. The Morgan fingerprint density at radius 1 is 1.50 bits per heavy atom. The lowest BCUT2D eigenvalue weighted by Gasteiger charge is -2.24. The first kappa shape index (κ1) is 10.0. The molecule has 0 saturated carbocycles. The van der Waals surface area contributed by atoms with Gasteiger partial charge in [-0.3, -0.25) is 0 Å². The quantitative estimate of drug-likeness (QED) is 0.800. The molecule has 0 radical (unpaired) electrons. The van der Waals surface area contributed by atoms with Crippen molar-refractivity contribution in [1.82, 2.24) is 0 Å². The van der Waals surface area contributed by atoms with Crippen molar-refractivity contribution in [2.45, 2.75) is 32.3 Å². The van der Waals surface area contributed by atoms with Crippen LogP contribution in [0.4, 0.5) is 0 Å². The van der Waals surface area contributed by atoms with Gasteiger partial charge in [-0.2, -0.15) is 0 Å². The van der Waals surface area contributed by atoms with E-state index in [1.807, 2.05) is 25.3 Å². The molecular weight excluding hydrogens is 192 g/mol. The molecular formula is C9H13ClOS.